The summed E-state index contributed by atoms with van der Waals surface area (Å²) in [5.74, 6) is 2.45. The molecule has 0 unspecified atom stereocenters. The molecule has 1 heterocycles. The van der Waals surface area contributed by atoms with Gasteiger partial charge in [0.2, 0.25) is 0 Å². The van der Waals surface area contributed by atoms with Crippen LogP contribution in [0.4, 0.5) is 5.69 Å². The van der Waals surface area contributed by atoms with Gasteiger partial charge in [0.1, 0.15) is 0 Å². The van der Waals surface area contributed by atoms with Crippen molar-refractivity contribution in [3.8, 4) is 11.5 Å². The van der Waals surface area contributed by atoms with Crippen molar-refractivity contribution in [2.45, 2.75) is 6.92 Å². The number of nitrogens with zero attached hydrogens (tertiary/aromatic N) is 2. The first kappa shape index (κ1) is 23.8. The van der Waals surface area contributed by atoms with Crippen molar-refractivity contribution in [2.24, 2.45) is 4.99 Å². The summed E-state index contributed by atoms with van der Waals surface area (Å²) in [6.45, 7) is 5.22. The third-order valence-corrected chi connectivity index (χ3v) is 5.72. The molecule has 2 rings (SSSR count). The molecule has 8 nitrogen and oxygen atoms in total. The lowest BCUT2D eigenvalue weighted by molar-refractivity contribution is 0.304. The standard InChI is InChI=1S/C17H28N4O4S.HI/c1-4-18-17(19-7-8-21-9-11-26(22,23)12-10-21)20-14-5-6-15(24-2)16(13-14)25-3;/h5-6,13H,4,7-12H2,1-3H3,(H2,18,19,20);1H. The molecule has 1 fully saturated rings. The zero-order chi connectivity index (χ0) is 19.0. The number of ether oxygens (including phenoxy) is 2. The Bertz CT molecular complexity index is 714. The second-order valence-electron chi connectivity index (χ2n) is 5.95. The molecule has 0 amide bonds. The average molecular weight is 512 g/mol. The molecule has 154 valence electrons. The van der Waals surface area contributed by atoms with Gasteiger partial charge in [-0.15, -0.1) is 24.0 Å². The van der Waals surface area contributed by atoms with Crippen molar-refractivity contribution in [3.05, 3.63) is 18.2 Å². The first-order chi connectivity index (χ1) is 12.5. The van der Waals surface area contributed by atoms with E-state index in [0.717, 1.165) is 18.8 Å². The lowest BCUT2D eigenvalue weighted by atomic mass is 10.3. The molecule has 10 heteroatoms. The molecule has 1 aromatic carbocycles. The summed E-state index contributed by atoms with van der Waals surface area (Å²) in [5.41, 5.74) is 0.839. The van der Waals surface area contributed by atoms with Crippen LogP contribution in [0.3, 0.4) is 0 Å². The zero-order valence-electron chi connectivity index (χ0n) is 16.0. The van der Waals surface area contributed by atoms with Gasteiger partial charge in [0.15, 0.2) is 27.3 Å². The number of rotatable bonds is 7. The van der Waals surface area contributed by atoms with Crippen LogP contribution in [-0.4, -0.2) is 77.7 Å². The molecule has 0 bridgehead atoms. The quantitative estimate of drug-likeness (QED) is 0.325. The SMILES string of the molecule is CCNC(=NCCN1CCS(=O)(=O)CC1)Nc1ccc(OC)c(OC)c1.I. The number of guanidine groups is 1. The van der Waals surface area contributed by atoms with E-state index in [-0.39, 0.29) is 35.5 Å². The van der Waals surface area contributed by atoms with Gasteiger partial charge in [0, 0.05) is 37.9 Å². The van der Waals surface area contributed by atoms with Gasteiger partial charge in [-0.1, -0.05) is 0 Å². The maximum Gasteiger partial charge on any atom is 0.195 e. The highest BCUT2D eigenvalue weighted by Gasteiger charge is 2.20. The van der Waals surface area contributed by atoms with Gasteiger partial charge in [-0.3, -0.25) is 9.89 Å². The Morgan fingerprint density at radius 1 is 1.19 bits per heavy atom. The molecule has 0 saturated carbocycles. The Morgan fingerprint density at radius 3 is 2.44 bits per heavy atom. The second-order valence-corrected chi connectivity index (χ2v) is 8.25. The third kappa shape index (κ3) is 7.70. The summed E-state index contributed by atoms with van der Waals surface area (Å²) >= 11 is 0. The van der Waals surface area contributed by atoms with E-state index in [9.17, 15) is 8.42 Å². The number of methoxy groups -OCH3 is 2. The molecule has 1 saturated heterocycles. The number of sulfone groups is 1. The Labute approximate surface area is 178 Å². The number of hydrogen-bond donors (Lipinski definition) is 2. The molecule has 1 aliphatic heterocycles. The first-order valence-electron chi connectivity index (χ1n) is 8.67. The van der Waals surface area contributed by atoms with Crippen LogP contribution in [0, 0.1) is 0 Å². The number of benzene rings is 1. The minimum absolute atomic E-state index is 0. The van der Waals surface area contributed by atoms with Gasteiger partial charge in [-0.05, 0) is 19.1 Å². The van der Waals surface area contributed by atoms with Crippen molar-refractivity contribution < 1.29 is 17.9 Å². The number of aliphatic imine (C=N–C) groups is 1. The van der Waals surface area contributed by atoms with Crippen LogP contribution in [0.5, 0.6) is 11.5 Å². The first-order valence-corrected chi connectivity index (χ1v) is 10.5. The van der Waals surface area contributed by atoms with Crippen LogP contribution < -0.4 is 20.1 Å². The summed E-state index contributed by atoms with van der Waals surface area (Å²) in [6, 6.07) is 5.57. The maximum atomic E-state index is 11.5. The monoisotopic (exact) mass is 512 g/mol. The largest absolute Gasteiger partial charge is 0.493 e. The maximum absolute atomic E-state index is 11.5. The highest BCUT2D eigenvalue weighted by molar-refractivity contribution is 14.0. The van der Waals surface area contributed by atoms with Crippen LogP contribution in [0.15, 0.2) is 23.2 Å². The molecule has 27 heavy (non-hydrogen) atoms. The van der Waals surface area contributed by atoms with Crippen LogP contribution in [0.2, 0.25) is 0 Å². The topological polar surface area (TPSA) is 92.3 Å². The Balaban J connectivity index is 0.00000364. The summed E-state index contributed by atoms with van der Waals surface area (Å²) in [6.07, 6.45) is 0. The van der Waals surface area contributed by atoms with Crippen molar-refractivity contribution in [3.63, 3.8) is 0 Å². The number of anilines is 1. The van der Waals surface area contributed by atoms with Crippen LogP contribution in [-0.2, 0) is 9.84 Å². The van der Waals surface area contributed by atoms with Crippen molar-refractivity contribution in [1.29, 1.82) is 0 Å². The molecule has 0 radical (unpaired) electrons. The Morgan fingerprint density at radius 2 is 1.85 bits per heavy atom. The second kappa shape index (κ2) is 11.5. The molecule has 1 aromatic rings. The summed E-state index contributed by atoms with van der Waals surface area (Å²) in [4.78, 5) is 6.70. The van der Waals surface area contributed by atoms with E-state index in [1.54, 1.807) is 14.2 Å². The average Bonchev–Trinajstić information content (AvgIpc) is 2.63. The Kier molecular flexibility index (Phi) is 10.2. The minimum atomic E-state index is -2.84. The van der Waals surface area contributed by atoms with Gasteiger partial charge >= 0.3 is 0 Å². The predicted molar refractivity (Wildman–Crippen MR) is 120 cm³/mol. The van der Waals surface area contributed by atoms with Gasteiger partial charge in [0.25, 0.3) is 0 Å². The van der Waals surface area contributed by atoms with Crippen LogP contribution in [0.1, 0.15) is 6.92 Å². The molecular weight excluding hydrogens is 483 g/mol. The minimum Gasteiger partial charge on any atom is -0.493 e. The number of hydrogen-bond acceptors (Lipinski definition) is 6. The highest BCUT2D eigenvalue weighted by Crippen LogP contribution is 2.29. The van der Waals surface area contributed by atoms with Gasteiger partial charge in [-0.25, -0.2) is 8.42 Å². The van der Waals surface area contributed by atoms with Crippen LogP contribution in [0.25, 0.3) is 0 Å². The zero-order valence-corrected chi connectivity index (χ0v) is 19.2. The van der Waals surface area contributed by atoms with E-state index in [1.165, 1.54) is 0 Å². The highest BCUT2D eigenvalue weighted by atomic mass is 127. The van der Waals surface area contributed by atoms with E-state index in [0.29, 0.717) is 37.1 Å². The number of halogens is 1. The number of nitrogens with one attached hydrogen (secondary N) is 2. The molecule has 0 spiro atoms. The van der Waals surface area contributed by atoms with Crippen molar-refractivity contribution >= 4 is 45.5 Å². The lowest BCUT2D eigenvalue weighted by Crippen LogP contribution is -2.41. The van der Waals surface area contributed by atoms with E-state index in [4.69, 9.17) is 9.47 Å². The lowest BCUT2D eigenvalue weighted by Gasteiger charge is -2.25. The summed E-state index contributed by atoms with van der Waals surface area (Å²) < 4.78 is 33.5. The van der Waals surface area contributed by atoms with Crippen molar-refractivity contribution in [1.82, 2.24) is 10.2 Å². The normalized spacial score (nSPS) is 16.9. The predicted octanol–water partition coefficient (Wildman–Crippen LogP) is 1.43. The third-order valence-electron chi connectivity index (χ3n) is 4.11. The Hall–Kier alpha value is -1.27. The smallest absolute Gasteiger partial charge is 0.195 e. The van der Waals surface area contributed by atoms with Gasteiger partial charge in [0.05, 0.1) is 32.3 Å². The summed E-state index contributed by atoms with van der Waals surface area (Å²) in [7, 11) is 0.353. The molecule has 1 aliphatic rings. The van der Waals surface area contributed by atoms with E-state index in [1.807, 2.05) is 25.1 Å². The molecule has 2 N–H and O–H groups in total. The van der Waals surface area contributed by atoms with Gasteiger partial charge in [-0.2, -0.15) is 0 Å². The molecule has 0 atom stereocenters. The van der Waals surface area contributed by atoms with Gasteiger partial charge < -0.3 is 20.1 Å². The van der Waals surface area contributed by atoms with E-state index in [2.05, 4.69) is 20.5 Å². The fourth-order valence-electron chi connectivity index (χ4n) is 2.63. The van der Waals surface area contributed by atoms with E-state index >= 15 is 0 Å². The fraction of sp³-hybridized carbons (Fsp3) is 0.588. The fourth-order valence-corrected chi connectivity index (χ4v) is 3.91. The molecular formula is C17H29IN4O4S. The van der Waals surface area contributed by atoms with Crippen LogP contribution >= 0.6 is 24.0 Å². The van der Waals surface area contributed by atoms with Crippen molar-refractivity contribution in [2.75, 3.05) is 63.8 Å². The summed E-state index contributed by atoms with van der Waals surface area (Å²) in [5, 5.41) is 6.45. The molecule has 0 aliphatic carbocycles. The van der Waals surface area contributed by atoms with E-state index < -0.39 is 9.84 Å². The molecule has 0 aromatic heterocycles.